The third kappa shape index (κ3) is 2.14. The van der Waals surface area contributed by atoms with Crippen molar-refractivity contribution in [1.82, 2.24) is 0 Å². The van der Waals surface area contributed by atoms with Gasteiger partial charge in [-0.2, -0.15) is 0 Å². The second-order valence-corrected chi connectivity index (χ2v) is 8.81. The van der Waals surface area contributed by atoms with Crippen molar-refractivity contribution in [2.75, 3.05) is 6.56 Å². The molecular formula is C21H30O5. The Balaban J connectivity index is 1.86. The van der Waals surface area contributed by atoms with Gasteiger partial charge in [-0.3, -0.25) is 9.59 Å². The molecule has 7 atom stereocenters. The lowest BCUT2D eigenvalue weighted by Gasteiger charge is -2.60. The first-order chi connectivity index (χ1) is 14.7. The summed E-state index contributed by atoms with van der Waals surface area (Å²) in [4.78, 5) is 25.2. The molecule has 5 unspecified atom stereocenters. The molecule has 4 aliphatic rings. The highest BCUT2D eigenvalue weighted by Gasteiger charge is 2.68. The van der Waals surface area contributed by atoms with Gasteiger partial charge in [-0.1, -0.05) is 19.4 Å². The molecular weight excluding hydrogens is 332 g/mol. The summed E-state index contributed by atoms with van der Waals surface area (Å²) in [6.45, 7) is -0.145. The number of rotatable bonds is 2. The first-order valence-corrected chi connectivity index (χ1v) is 9.18. The van der Waals surface area contributed by atoms with Crippen LogP contribution in [0.25, 0.3) is 0 Å². The summed E-state index contributed by atoms with van der Waals surface area (Å²) >= 11 is 0. The Bertz CT molecular complexity index is 959. The summed E-state index contributed by atoms with van der Waals surface area (Å²) in [6.07, 6.45) is -6.42. The van der Waals surface area contributed by atoms with Crippen LogP contribution in [0.1, 0.15) is 68.3 Å². The molecule has 5 heteroatoms. The highest BCUT2D eigenvalue weighted by molar-refractivity contribution is 5.91. The average molecular weight is 370 g/mol. The van der Waals surface area contributed by atoms with Gasteiger partial charge in [-0.05, 0) is 67.7 Å². The molecule has 0 aromatic carbocycles. The largest absolute Gasteiger partial charge is 0.393 e. The van der Waals surface area contributed by atoms with Gasteiger partial charge in [0.05, 0.1) is 10.2 Å². The van der Waals surface area contributed by atoms with Gasteiger partial charge in [0.25, 0.3) is 0 Å². The SMILES string of the molecule is [2H]C1=C2C([2H])([2H])CC3C([C@@H](O)CC4(C)C3CC[C@]4(O)C(=O)C([2H])([2H])O)C2(C)CC([2H])([2H])C1=O. The Morgan fingerprint density at radius 1 is 1.38 bits per heavy atom. The standard InChI is InChI=1S/C21H30O5/c1-19-7-5-13(23)9-12(19)3-4-14-15-6-8-21(26,17(25)11-22)20(15,2)10-16(24)18(14)19/h9,14-16,18,22,24,26H,3-8,10-11H2,1-2H3/t14?,15?,16-,18?,19?,20?,21-/m0/s1/i3D2,5D2,9D,11D2. The normalized spacial score (nSPS) is 59.3. The van der Waals surface area contributed by atoms with Gasteiger partial charge < -0.3 is 15.3 Å². The minimum absolute atomic E-state index is 0.102. The van der Waals surface area contributed by atoms with Crippen molar-refractivity contribution in [3.05, 3.63) is 11.6 Å². The second-order valence-electron chi connectivity index (χ2n) is 8.81. The van der Waals surface area contributed by atoms with E-state index in [9.17, 15) is 24.9 Å². The first kappa shape index (κ1) is 11.7. The molecule has 4 aliphatic carbocycles. The molecule has 3 N–H and O–H groups in total. The van der Waals surface area contributed by atoms with E-state index in [1.165, 1.54) is 0 Å². The van der Waals surface area contributed by atoms with Crippen LogP contribution in [0.4, 0.5) is 0 Å². The zero-order valence-corrected chi connectivity index (χ0v) is 15.0. The maximum atomic E-state index is 12.7. The van der Waals surface area contributed by atoms with Gasteiger partial charge in [-0.15, -0.1) is 0 Å². The Labute approximate surface area is 164 Å². The van der Waals surface area contributed by atoms with E-state index in [1.54, 1.807) is 13.8 Å². The van der Waals surface area contributed by atoms with Crippen LogP contribution in [-0.2, 0) is 9.59 Å². The lowest BCUT2D eigenvalue weighted by molar-refractivity contribution is -0.182. The van der Waals surface area contributed by atoms with Gasteiger partial charge in [0, 0.05) is 17.3 Å². The van der Waals surface area contributed by atoms with Crippen molar-refractivity contribution < 1.29 is 34.5 Å². The summed E-state index contributed by atoms with van der Waals surface area (Å²) < 4.78 is 57.0. The maximum absolute atomic E-state index is 12.7. The van der Waals surface area contributed by atoms with Crippen molar-refractivity contribution in [1.29, 1.82) is 0 Å². The van der Waals surface area contributed by atoms with Crippen LogP contribution < -0.4 is 0 Å². The van der Waals surface area contributed by atoms with Crippen molar-refractivity contribution in [3.8, 4) is 0 Å². The predicted octanol–water partition coefficient (Wildman–Crippen LogP) is 1.78. The fourth-order valence-corrected chi connectivity index (χ4v) is 6.41. The van der Waals surface area contributed by atoms with E-state index < -0.39 is 77.2 Å². The van der Waals surface area contributed by atoms with Gasteiger partial charge in [-0.25, -0.2) is 0 Å². The van der Waals surface area contributed by atoms with E-state index in [1.807, 2.05) is 0 Å². The molecule has 0 spiro atoms. The lowest BCUT2D eigenvalue weighted by atomic mass is 9.45. The fourth-order valence-electron chi connectivity index (χ4n) is 6.41. The number of aliphatic hydroxyl groups excluding tert-OH is 1. The number of carbonyl (C=O) groups excluding carboxylic acids is 2. The molecule has 0 bridgehead atoms. The van der Waals surface area contributed by atoms with Crippen molar-refractivity contribution >= 4 is 11.6 Å². The molecule has 144 valence electrons. The number of carbonyl (C=O) groups is 2. The summed E-state index contributed by atoms with van der Waals surface area (Å²) in [5.74, 6) is -4.32. The number of allylic oxidation sites excluding steroid dienone is 1. The molecule has 3 fully saturated rings. The quantitative estimate of drug-likeness (QED) is 0.690. The van der Waals surface area contributed by atoms with E-state index in [2.05, 4.69) is 0 Å². The van der Waals surface area contributed by atoms with E-state index in [-0.39, 0.29) is 37.7 Å². The third-order valence-corrected chi connectivity index (χ3v) is 7.76. The molecule has 0 amide bonds. The molecule has 0 aromatic rings. The van der Waals surface area contributed by atoms with Gasteiger partial charge in [0.2, 0.25) is 0 Å². The Hall–Kier alpha value is -1.04. The molecule has 26 heavy (non-hydrogen) atoms. The fraction of sp³-hybridized carbons (Fsp3) is 0.810. The summed E-state index contributed by atoms with van der Waals surface area (Å²) in [5.41, 5.74) is -5.04. The van der Waals surface area contributed by atoms with E-state index >= 15 is 0 Å². The zero-order valence-electron chi connectivity index (χ0n) is 22.0. The molecule has 0 aliphatic heterocycles. The topological polar surface area (TPSA) is 94.8 Å². The predicted molar refractivity (Wildman–Crippen MR) is 95.1 cm³/mol. The smallest absolute Gasteiger partial charge is 0.190 e. The molecule has 0 saturated heterocycles. The van der Waals surface area contributed by atoms with Crippen molar-refractivity contribution in [3.63, 3.8) is 0 Å². The lowest BCUT2D eigenvalue weighted by Crippen LogP contribution is -2.62. The van der Waals surface area contributed by atoms with Gasteiger partial charge in [0.1, 0.15) is 12.2 Å². The molecule has 0 aromatic heterocycles. The van der Waals surface area contributed by atoms with E-state index in [0.717, 1.165) is 0 Å². The van der Waals surface area contributed by atoms with Gasteiger partial charge in [0.15, 0.2) is 11.6 Å². The number of hydrogen-bond donors (Lipinski definition) is 3. The van der Waals surface area contributed by atoms with Gasteiger partial charge >= 0.3 is 0 Å². The van der Waals surface area contributed by atoms with Crippen molar-refractivity contribution in [2.45, 2.75) is 70.4 Å². The summed E-state index contributed by atoms with van der Waals surface area (Å²) in [6, 6.07) is -0.690. The number of fused-ring (bicyclic) bond motifs is 5. The number of Topliss-reactive ketones (excluding diaryl/α,β-unsaturated/α-hetero) is 1. The Morgan fingerprint density at radius 2 is 2.12 bits per heavy atom. The van der Waals surface area contributed by atoms with Crippen molar-refractivity contribution in [2.24, 2.45) is 28.6 Å². The van der Waals surface area contributed by atoms with E-state index in [0.29, 0.717) is 0 Å². The summed E-state index contributed by atoms with van der Waals surface area (Å²) in [7, 11) is 0. The van der Waals surface area contributed by atoms with Crippen LogP contribution in [0, 0.1) is 28.6 Å². The van der Waals surface area contributed by atoms with Crippen LogP contribution >= 0.6 is 0 Å². The molecule has 5 nitrogen and oxygen atoms in total. The highest BCUT2D eigenvalue weighted by atomic mass is 16.3. The van der Waals surface area contributed by atoms with Crippen LogP contribution in [0.3, 0.4) is 0 Å². The van der Waals surface area contributed by atoms with Crippen LogP contribution in [0.15, 0.2) is 11.6 Å². The minimum atomic E-state index is -3.28. The molecule has 3 saturated carbocycles. The Morgan fingerprint density at radius 3 is 2.81 bits per heavy atom. The monoisotopic (exact) mass is 369 g/mol. The number of ketones is 2. The molecule has 0 radical (unpaired) electrons. The summed E-state index contributed by atoms with van der Waals surface area (Å²) in [5, 5.41) is 32.4. The minimum Gasteiger partial charge on any atom is -0.393 e. The Kier molecular flexibility index (Phi) is 2.58. The number of aliphatic hydroxyl groups is 3. The second kappa shape index (κ2) is 5.73. The third-order valence-electron chi connectivity index (χ3n) is 7.76. The van der Waals surface area contributed by atoms with Crippen LogP contribution in [0.2, 0.25) is 0 Å². The van der Waals surface area contributed by atoms with E-state index in [4.69, 9.17) is 9.60 Å². The average Bonchev–Trinajstić information content (AvgIpc) is 2.88. The van der Waals surface area contributed by atoms with Crippen LogP contribution in [-0.4, -0.2) is 45.2 Å². The maximum Gasteiger partial charge on any atom is 0.190 e. The molecule has 4 rings (SSSR count). The molecule has 0 heterocycles. The number of hydrogen-bond acceptors (Lipinski definition) is 5. The highest BCUT2D eigenvalue weighted by Crippen LogP contribution is 2.67. The van der Waals surface area contributed by atoms with Crippen LogP contribution in [0.5, 0.6) is 0 Å². The zero-order chi connectivity index (χ0) is 25.2. The first-order valence-electron chi connectivity index (χ1n) is 12.7.